The van der Waals surface area contributed by atoms with E-state index in [0.29, 0.717) is 26.2 Å². The largest absolute Gasteiger partial charge is 0.468 e. The molecule has 6 heteroatoms. The number of methoxy groups -OCH3 is 1. The first-order valence-electron chi connectivity index (χ1n) is 7.61. The second-order valence-electron chi connectivity index (χ2n) is 5.95. The number of amides is 1. The molecule has 1 unspecified atom stereocenters. The lowest BCUT2D eigenvalue weighted by molar-refractivity contribution is -0.149. The summed E-state index contributed by atoms with van der Waals surface area (Å²) < 4.78 is 4.91. The van der Waals surface area contributed by atoms with Crippen LogP contribution in [0.3, 0.4) is 0 Å². The van der Waals surface area contributed by atoms with Gasteiger partial charge in [-0.25, -0.2) is 0 Å². The van der Waals surface area contributed by atoms with E-state index in [1.165, 1.54) is 18.4 Å². The van der Waals surface area contributed by atoms with Gasteiger partial charge in [0.15, 0.2) is 0 Å². The Morgan fingerprint density at radius 2 is 1.82 bits per heavy atom. The van der Waals surface area contributed by atoms with E-state index in [9.17, 15) is 9.59 Å². The van der Waals surface area contributed by atoms with Gasteiger partial charge in [-0.15, -0.1) is 11.3 Å². The highest BCUT2D eigenvalue weighted by Gasteiger charge is 2.33. The molecule has 2 heterocycles. The third-order valence-corrected chi connectivity index (χ3v) is 5.01. The Balaban J connectivity index is 1.97. The minimum Gasteiger partial charge on any atom is -0.468 e. The van der Waals surface area contributed by atoms with Crippen LogP contribution in [0, 0.1) is 12.8 Å². The van der Waals surface area contributed by atoms with Crippen molar-refractivity contribution in [2.75, 3.05) is 33.3 Å². The SMILES string of the molecule is COC(=O)C(C(C)C)N1CCN(C(=O)c2ccc(C)s2)CC1. The molecule has 1 fully saturated rings. The second kappa shape index (κ2) is 7.24. The molecule has 0 radical (unpaired) electrons. The highest BCUT2D eigenvalue weighted by Crippen LogP contribution is 2.20. The van der Waals surface area contributed by atoms with E-state index < -0.39 is 0 Å². The molecule has 0 saturated carbocycles. The number of aryl methyl sites for hydroxylation is 1. The molecule has 1 aliphatic rings. The summed E-state index contributed by atoms with van der Waals surface area (Å²) in [4.78, 5) is 30.3. The maximum Gasteiger partial charge on any atom is 0.323 e. The first kappa shape index (κ1) is 17.0. The van der Waals surface area contributed by atoms with Crippen molar-refractivity contribution in [3.8, 4) is 0 Å². The van der Waals surface area contributed by atoms with Crippen LogP contribution in [0.4, 0.5) is 0 Å². The third kappa shape index (κ3) is 3.67. The van der Waals surface area contributed by atoms with Gasteiger partial charge in [0.1, 0.15) is 6.04 Å². The van der Waals surface area contributed by atoms with Crippen LogP contribution in [0.2, 0.25) is 0 Å². The van der Waals surface area contributed by atoms with Gasteiger partial charge >= 0.3 is 5.97 Å². The van der Waals surface area contributed by atoms with Crippen LogP contribution in [0.5, 0.6) is 0 Å². The van der Waals surface area contributed by atoms with E-state index in [1.54, 1.807) is 0 Å². The molecule has 122 valence electrons. The Kier molecular flexibility index (Phi) is 5.58. The summed E-state index contributed by atoms with van der Waals surface area (Å²) in [7, 11) is 1.43. The lowest BCUT2D eigenvalue weighted by atomic mass is 10.0. The van der Waals surface area contributed by atoms with Crippen molar-refractivity contribution in [1.82, 2.24) is 9.80 Å². The fourth-order valence-electron chi connectivity index (χ4n) is 2.87. The number of ether oxygens (including phenoxy) is 1. The van der Waals surface area contributed by atoms with Crippen LogP contribution in [0.25, 0.3) is 0 Å². The summed E-state index contributed by atoms with van der Waals surface area (Å²) in [5.41, 5.74) is 0. The van der Waals surface area contributed by atoms with Crippen LogP contribution < -0.4 is 0 Å². The molecular formula is C16H24N2O3S. The van der Waals surface area contributed by atoms with Gasteiger partial charge in [-0.05, 0) is 25.0 Å². The summed E-state index contributed by atoms with van der Waals surface area (Å²) in [6.07, 6.45) is 0. The topological polar surface area (TPSA) is 49.9 Å². The average Bonchev–Trinajstić information content (AvgIpc) is 2.93. The molecular weight excluding hydrogens is 300 g/mol. The lowest BCUT2D eigenvalue weighted by Gasteiger charge is -2.39. The van der Waals surface area contributed by atoms with Crippen LogP contribution in [0.15, 0.2) is 12.1 Å². The molecule has 0 spiro atoms. The highest BCUT2D eigenvalue weighted by atomic mass is 32.1. The molecule has 1 aromatic rings. The smallest absolute Gasteiger partial charge is 0.323 e. The van der Waals surface area contributed by atoms with Crippen molar-refractivity contribution in [3.05, 3.63) is 21.9 Å². The monoisotopic (exact) mass is 324 g/mol. The minimum absolute atomic E-state index is 0.0944. The predicted octanol–water partition coefficient (Wildman–Crippen LogP) is 2.01. The van der Waals surface area contributed by atoms with Crippen LogP contribution in [0.1, 0.15) is 28.4 Å². The Bertz CT molecular complexity index is 533. The summed E-state index contributed by atoms with van der Waals surface area (Å²) >= 11 is 1.53. The molecule has 0 bridgehead atoms. The molecule has 22 heavy (non-hydrogen) atoms. The summed E-state index contributed by atoms with van der Waals surface area (Å²) in [6.45, 7) is 8.75. The van der Waals surface area contributed by atoms with Gasteiger partial charge in [0.2, 0.25) is 0 Å². The molecule has 1 aromatic heterocycles. The van der Waals surface area contributed by atoms with Crippen molar-refractivity contribution in [2.24, 2.45) is 5.92 Å². The van der Waals surface area contributed by atoms with Crippen molar-refractivity contribution in [2.45, 2.75) is 26.8 Å². The van der Waals surface area contributed by atoms with Crippen molar-refractivity contribution in [3.63, 3.8) is 0 Å². The van der Waals surface area contributed by atoms with E-state index in [2.05, 4.69) is 4.90 Å². The normalized spacial score (nSPS) is 17.6. The number of piperazine rings is 1. The summed E-state index contributed by atoms with van der Waals surface area (Å²) in [5, 5.41) is 0. The maximum absolute atomic E-state index is 12.4. The molecule has 0 N–H and O–H groups in total. The first-order valence-corrected chi connectivity index (χ1v) is 8.43. The van der Waals surface area contributed by atoms with Crippen LogP contribution in [-0.2, 0) is 9.53 Å². The van der Waals surface area contributed by atoms with E-state index in [1.807, 2.05) is 37.8 Å². The van der Waals surface area contributed by atoms with Crippen LogP contribution in [-0.4, -0.2) is 61.0 Å². The number of thiophene rings is 1. The predicted molar refractivity (Wildman–Crippen MR) is 87.2 cm³/mol. The Labute approximate surface area is 135 Å². The van der Waals surface area contributed by atoms with Gasteiger partial charge in [-0.1, -0.05) is 13.8 Å². The first-order chi connectivity index (χ1) is 10.4. The fraction of sp³-hybridized carbons (Fsp3) is 0.625. The van der Waals surface area contributed by atoms with E-state index in [-0.39, 0.29) is 23.8 Å². The Hall–Kier alpha value is -1.40. The third-order valence-electron chi connectivity index (χ3n) is 4.02. The maximum atomic E-state index is 12.4. The number of esters is 1. The van der Waals surface area contributed by atoms with Crippen LogP contribution >= 0.6 is 11.3 Å². The van der Waals surface area contributed by atoms with Gasteiger partial charge in [0.05, 0.1) is 12.0 Å². The van der Waals surface area contributed by atoms with Crippen molar-refractivity contribution >= 4 is 23.2 Å². The Morgan fingerprint density at radius 1 is 1.18 bits per heavy atom. The van der Waals surface area contributed by atoms with Crippen molar-refractivity contribution in [1.29, 1.82) is 0 Å². The van der Waals surface area contributed by atoms with Gasteiger partial charge in [0.25, 0.3) is 5.91 Å². The zero-order chi connectivity index (χ0) is 16.3. The number of nitrogens with zero attached hydrogens (tertiary/aromatic N) is 2. The van der Waals surface area contributed by atoms with Crippen molar-refractivity contribution < 1.29 is 14.3 Å². The molecule has 1 atom stereocenters. The number of carbonyl (C=O) groups excluding carboxylic acids is 2. The second-order valence-corrected chi connectivity index (χ2v) is 7.24. The zero-order valence-electron chi connectivity index (χ0n) is 13.7. The molecule has 5 nitrogen and oxygen atoms in total. The standard InChI is InChI=1S/C16H24N2O3S/c1-11(2)14(16(20)21-4)17-7-9-18(10-8-17)15(19)13-6-5-12(3)22-13/h5-6,11,14H,7-10H2,1-4H3. The van der Waals surface area contributed by atoms with Gasteiger partial charge in [0, 0.05) is 31.1 Å². The molecule has 1 aliphatic heterocycles. The average molecular weight is 324 g/mol. The van der Waals surface area contributed by atoms with Gasteiger partial charge in [-0.3, -0.25) is 14.5 Å². The lowest BCUT2D eigenvalue weighted by Crippen LogP contribution is -2.55. The number of hydrogen-bond acceptors (Lipinski definition) is 5. The summed E-state index contributed by atoms with van der Waals surface area (Å²) in [6, 6.07) is 3.63. The van der Waals surface area contributed by atoms with Gasteiger partial charge < -0.3 is 9.64 Å². The highest BCUT2D eigenvalue weighted by molar-refractivity contribution is 7.13. The van der Waals surface area contributed by atoms with E-state index in [0.717, 1.165) is 9.75 Å². The number of rotatable bonds is 4. The van der Waals surface area contributed by atoms with Gasteiger partial charge in [-0.2, -0.15) is 0 Å². The minimum atomic E-state index is -0.230. The molecule has 1 amide bonds. The number of carbonyl (C=O) groups is 2. The molecule has 2 rings (SSSR count). The van der Waals surface area contributed by atoms with E-state index >= 15 is 0 Å². The number of hydrogen-bond donors (Lipinski definition) is 0. The molecule has 0 aliphatic carbocycles. The molecule has 0 aromatic carbocycles. The molecule has 1 saturated heterocycles. The quantitative estimate of drug-likeness (QED) is 0.795. The van der Waals surface area contributed by atoms with E-state index in [4.69, 9.17) is 4.74 Å². The summed E-state index contributed by atoms with van der Waals surface area (Å²) in [5.74, 6) is 0.0928. The zero-order valence-corrected chi connectivity index (χ0v) is 14.5. The fourth-order valence-corrected chi connectivity index (χ4v) is 3.71. The Morgan fingerprint density at radius 3 is 2.27 bits per heavy atom.